The molecule has 2 aromatic rings. The largest absolute Gasteiger partial charge is 0.496 e. The van der Waals surface area contributed by atoms with Gasteiger partial charge in [0.2, 0.25) is 0 Å². The molecule has 0 aliphatic heterocycles. The second kappa shape index (κ2) is 5.61. The summed E-state index contributed by atoms with van der Waals surface area (Å²) in [5, 5.41) is 2.82. The molecular weight excluding hydrogens is 242 g/mol. The van der Waals surface area contributed by atoms with Gasteiger partial charge in [-0.3, -0.25) is 4.79 Å². The maximum absolute atomic E-state index is 11.8. The van der Waals surface area contributed by atoms with Crippen molar-refractivity contribution in [2.45, 2.75) is 20.4 Å². The summed E-state index contributed by atoms with van der Waals surface area (Å²) < 4.78 is 10.4. The number of amides is 1. The predicted octanol–water partition coefficient (Wildman–Crippen LogP) is 2.84. The van der Waals surface area contributed by atoms with Crippen LogP contribution in [0.25, 0.3) is 0 Å². The number of methoxy groups -OCH3 is 1. The minimum absolute atomic E-state index is 0.230. The highest BCUT2D eigenvalue weighted by Gasteiger charge is 2.11. The van der Waals surface area contributed by atoms with Crippen molar-refractivity contribution in [2.75, 3.05) is 7.11 Å². The zero-order chi connectivity index (χ0) is 13.8. The minimum Gasteiger partial charge on any atom is -0.496 e. The maximum atomic E-state index is 11.8. The molecule has 4 nitrogen and oxygen atoms in total. The van der Waals surface area contributed by atoms with Crippen LogP contribution in [0.4, 0.5) is 0 Å². The van der Waals surface area contributed by atoms with Crippen LogP contribution in [-0.2, 0) is 6.54 Å². The first-order valence-electron chi connectivity index (χ1n) is 6.07. The Kier molecular flexibility index (Phi) is 3.90. The van der Waals surface area contributed by atoms with Crippen molar-refractivity contribution in [1.82, 2.24) is 5.32 Å². The summed E-state index contributed by atoms with van der Waals surface area (Å²) >= 11 is 0. The van der Waals surface area contributed by atoms with E-state index in [4.69, 9.17) is 9.15 Å². The topological polar surface area (TPSA) is 51.5 Å². The third kappa shape index (κ3) is 2.96. The van der Waals surface area contributed by atoms with E-state index >= 15 is 0 Å². The summed E-state index contributed by atoms with van der Waals surface area (Å²) in [5.41, 5.74) is 3.16. The fourth-order valence-corrected chi connectivity index (χ4v) is 2.14. The number of ether oxygens (including phenoxy) is 1. The summed E-state index contributed by atoms with van der Waals surface area (Å²) in [5.74, 6) is 0.889. The van der Waals surface area contributed by atoms with E-state index in [0.29, 0.717) is 12.3 Å². The third-order valence-corrected chi connectivity index (χ3v) is 2.88. The Bertz CT molecular complexity index is 573. The monoisotopic (exact) mass is 259 g/mol. The highest BCUT2D eigenvalue weighted by molar-refractivity contribution is 5.91. The highest BCUT2D eigenvalue weighted by Crippen LogP contribution is 2.24. The molecule has 1 heterocycles. The molecule has 0 bridgehead atoms. The molecule has 0 radical (unpaired) electrons. The van der Waals surface area contributed by atoms with Crippen molar-refractivity contribution in [3.05, 3.63) is 53.0 Å². The van der Waals surface area contributed by atoms with Gasteiger partial charge in [0.15, 0.2) is 5.76 Å². The molecule has 0 aliphatic carbocycles. The molecule has 0 atom stereocenters. The van der Waals surface area contributed by atoms with Gasteiger partial charge in [-0.15, -0.1) is 0 Å². The summed E-state index contributed by atoms with van der Waals surface area (Å²) in [6.45, 7) is 4.42. The number of carbonyl (C=O) groups is 1. The van der Waals surface area contributed by atoms with Gasteiger partial charge in [0.25, 0.3) is 5.91 Å². The van der Waals surface area contributed by atoms with Crippen LogP contribution in [0.3, 0.4) is 0 Å². The molecule has 0 saturated heterocycles. The molecule has 2 rings (SSSR count). The van der Waals surface area contributed by atoms with Crippen LogP contribution in [0.2, 0.25) is 0 Å². The molecular formula is C15H17NO3. The van der Waals surface area contributed by atoms with Crippen molar-refractivity contribution in [1.29, 1.82) is 0 Å². The van der Waals surface area contributed by atoms with Crippen LogP contribution in [0.15, 0.2) is 34.9 Å². The third-order valence-electron chi connectivity index (χ3n) is 2.88. The van der Waals surface area contributed by atoms with E-state index in [-0.39, 0.29) is 5.91 Å². The first kappa shape index (κ1) is 13.2. The minimum atomic E-state index is -0.230. The molecule has 1 amide bonds. The lowest BCUT2D eigenvalue weighted by Gasteiger charge is -2.13. The number of aryl methyl sites for hydroxylation is 2. The Hall–Kier alpha value is -2.23. The van der Waals surface area contributed by atoms with Gasteiger partial charge in [-0.1, -0.05) is 17.7 Å². The molecule has 1 aromatic carbocycles. The number of hydrogen-bond donors (Lipinski definition) is 1. The fraction of sp³-hybridized carbons (Fsp3) is 0.267. The van der Waals surface area contributed by atoms with Crippen molar-refractivity contribution in [2.24, 2.45) is 0 Å². The molecule has 0 spiro atoms. The van der Waals surface area contributed by atoms with Crippen molar-refractivity contribution in [3.63, 3.8) is 0 Å². The molecule has 0 fully saturated rings. The number of carbonyl (C=O) groups excluding carboxylic acids is 1. The Morgan fingerprint density at radius 2 is 2.16 bits per heavy atom. The van der Waals surface area contributed by atoms with E-state index in [1.165, 1.54) is 6.26 Å². The average Bonchev–Trinajstić information content (AvgIpc) is 2.89. The van der Waals surface area contributed by atoms with Gasteiger partial charge in [-0.25, -0.2) is 0 Å². The molecule has 0 unspecified atom stereocenters. The van der Waals surface area contributed by atoms with Crippen molar-refractivity contribution < 1.29 is 13.9 Å². The molecule has 19 heavy (non-hydrogen) atoms. The van der Waals surface area contributed by atoms with Crippen LogP contribution in [0.1, 0.15) is 27.2 Å². The first-order chi connectivity index (χ1) is 9.11. The van der Waals surface area contributed by atoms with Gasteiger partial charge in [-0.05, 0) is 31.5 Å². The second-order valence-corrected chi connectivity index (χ2v) is 4.43. The summed E-state index contributed by atoms with van der Waals surface area (Å²) in [7, 11) is 1.63. The quantitative estimate of drug-likeness (QED) is 0.918. The SMILES string of the molecule is COc1c(C)cc(C)cc1CNC(=O)c1ccco1. The Morgan fingerprint density at radius 3 is 2.79 bits per heavy atom. The average molecular weight is 259 g/mol. The van der Waals surface area contributed by atoms with E-state index < -0.39 is 0 Å². The van der Waals surface area contributed by atoms with E-state index in [0.717, 1.165) is 22.4 Å². The molecule has 1 aromatic heterocycles. The predicted molar refractivity (Wildman–Crippen MR) is 72.3 cm³/mol. The highest BCUT2D eigenvalue weighted by atomic mass is 16.5. The summed E-state index contributed by atoms with van der Waals surface area (Å²) in [6.07, 6.45) is 1.48. The van der Waals surface area contributed by atoms with Gasteiger partial charge in [0.1, 0.15) is 5.75 Å². The second-order valence-electron chi connectivity index (χ2n) is 4.43. The standard InChI is InChI=1S/C15H17NO3/c1-10-7-11(2)14(18-3)12(8-10)9-16-15(17)13-5-4-6-19-13/h4-8H,9H2,1-3H3,(H,16,17). The number of hydrogen-bond acceptors (Lipinski definition) is 3. The van der Waals surface area contributed by atoms with E-state index in [9.17, 15) is 4.79 Å². The van der Waals surface area contributed by atoms with Crippen molar-refractivity contribution >= 4 is 5.91 Å². The van der Waals surface area contributed by atoms with Crippen LogP contribution < -0.4 is 10.1 Å². The molecule has 0 saturated carbocycles. The maximum Gasteiger partial charge on any atom is 0.287 e. The number of furan rings is 1. The van der Waals surface area contributed by atoms with Crippen LogP contribution >= 0.6 is 0 Å². The normalized spacial score (nSPS) is 10.3. The number of nitrogens with one attached hydrogen (secondary N) is 1. The Labute approximate surface area is 112 Å². The lowest BCUT2D eigenvalue weighted by molar-refractivity contribution is 0.0923. The summed E-state index contributed by atoms with van der Waals surface area (Å²) in [6, 6.07) is 7.38. The number of rotatable bonds is 4. The fourth-order valence-electron chi connectivity index (χ4n) is 2.14. The van der Waals surface area contributed by atoms with Crippen LogP contribution in [0, 0.1) is 13.8 Å². The Morgan fingerprint density at radius 1 is 1.37 bits per heavy atom. The molecule has 100 valence electrons. The van der Waals surface area contributed by atoms with Gasteiger partial charge in [0, 0.05) is 12.1 Å². The van der Waals surface area contributed by atoms with Gasteiger partial charge in [0.05, 0.1) is 13.4 Å². The van der Waals surface area contributed by atoms with E-state index in [1.54, 1.807) is 19.2 Å². The zero-order valence-electron chi connectivity index (χ0n) is 11.3. The lowest BCUT2D eigenvalue weighted by atomic mass is 10.1. The molecule has 0 aliphatic rings. The smallest absolute Gasteiger partial charge is 0.287 e. The van der Waals surface area contributed by atoms with Crippen molar-refractivity contribution in [3.8, 4) is 5.75 Å². The van der Waals surface area contributed by atoms with E-state index in [1.807, 2.05) is 19.9 Å². The zero-order valence-corrected chi connectivity index (χ0v) is 11.3. The summed E-state index contributed by atoms with van der Waals surface area (Å²) in [4.78, 5) is 11.8. The number of benzene rings is 1. The molecule has 1 N–H and O–H groups in total. The first-order valence-corrected chi connectivity index (χ1v) is 6.07. The van der Waals surface area contributed by atoms with Gasteiger partial charge >= 0.3 is 0 Å². The van der Waals surface area contributed by atoms with E-state index in [2.05, 4.69) is 11.4 Å². The van der Waals surface area contributed by atoms with Crippen LogP contribution in [0.5, 0.6) is 5.75 Å². The lowest BCUT2D eigenvalue weighted by Crippen LogP contribution is -2.22. The van der Waals surface area contributed by atoms with Gasteiger partial charge in [-0.2, -0.15) is 0 Å². The molecule has 4 heteroatoms. The Balaban J connectivity index is 2.13. The van der Waals surface area contributed by atoms with Gasteiger partial charge < -0.3 is 14.5 Å². The van der Waals surface area contributed by atoms with Crippen LogP contribution in [-0.4, -0.2) is 13.0 Å².